The van der Waals surface area contributed by atoms with Crippen molar-refractivity contribution in [3.8, 4) is 0 Å². The Morgan fingerprint density at radius 2 is 2.24 bits per heavy atom. The van der Waals surface area contributed by atoms with Crippen LogP contribution in [-0.4, -0.2) is 18.1 Å². The lowest BCUT2D eigenvalue weighted by atomic mass is 9.96. The van der Waals surface area contributed by atoms with Crippen molar-refractivity contribution in [1.82, 2.24) is 4.98 Å². The van der Waals surface area contributed by atoms with Crippen molar-refractivity contribution >= 4 is 11.6 Å². The Labute approximate surface area is 104 Å². The number of nitrogens with zero attached hydrogens (tertiary/aromatic N) is 2. The van der Waals surface area contributed by atoms with Crippen LogP contribution in [0.1, 0.15) is 39.0 Å². The van der Waals surface area contributed by atoms with Crippen LogP contribution in [0.25, 0.3) is 0 Å². The molecule has 0 amide bonds. The number of hydrogen-bond acceptors (Lipinski definition) is 3. The molecule has 0 saturated carbocycles. The van der Waals surface area contributed by atoms with Crippen LogP contribution in [0.2, 0.25) is 0 Å². The summed E-state index contributed by atoms with van der Waals surface area (Å²) in [5, 5.41) is 0. The van der Waals surface area contributed by atoms with Crippen LogP contribution in [0.4, 0.5) is 11.6 Å². The van der Waals surface area contributed by atoms with Crippen molar-refractivity contribution in [1.29, 1.82) is 0 Å². The van der Waals surface area contributed by atoms with Crippen molar-refractivity contribution in [3.05, 3.63) is 18.2 Å². The Balaban J connectivity index is 1.99. The SMILES string of the molecule is CCCC1CCCN(c2cccc(N)n2)CC1. The highest BCUT2D eigenvalue weighted by molar-refractivity contribution is 5.44. The maximum absolute atomic E-state index is 5.74. The van der Waals surface area contributed by atoms with E-state index in [9.17, 15) is 0 Å². The summed E-state index contributed by atoms with van der Waals surface area (Å²) in [6, 6.07) is 5.91. The average Bonchev–Trinajstić information content (AvgIpc) is 2.55. The lowest BCUT2D eigenvalue weighted by Crippen LogP contribution is -2.25. The van der Waals surface area contributed by atoms with Gasteiger partial charge in [0.2, 0.25) is 0 Å². The fraction of sp³-hybridized carbons (Fsp3) is 0.643. The van der Waals surface area contributed by atoms with E-state index in [1.54, 1.807) is 0 Å². The molecule has 2 rings (SSSR count). The number of nitrogens with two attached hydrogens (primary N) is 1. The maximum atomic E-state index is 5.74. The molecule has 1 aromatic rings. The van der Waals surface area contributed by atoms with Gasteiger partial charge in [-0.05, 0) is 37.3 Å². The summed E-state index contributed by atoms with van der Waals surface area (Å²) in [7, 11) is 0. The molecule has 1 atom stereocenters. The Morgan fingerprint density at radius 3 is 3.00 bits per heavy atom. The van der Waals surface area contributed by atoms with Crippen molar-refractivity contribution in [2.45, 2.75) is 39.0 Å². The summed E-state index contributed by atoms with van der Waals surface area (Å²) in [6.07, 6.45) is 6.62. The third-order valence-corrected chi connectivity index (χ3v) is 3.62. The van der Waals surface area contributed by atoms with E-state index >= 15 is 0 Å². The van der Waals surface area contributed by atoms with E-state index in [1.165, 1.54) is 32.1 Å². The van der Waals surface area contributed by atoms with Crippen molar-refractivity contribution in [3.63, 3.8) is 0 Å². The maximum Gasteiger partial charge on any atom is 0.130 e. The first-order chi connectivity index (χ1) is 8.29. The highest BCUT2D eigenvalue weighted by Crippen LogP contribution is 2.24. The normalized spacial score (nSPS) is 21.2. The molecule has 0 spiro atoms. The Morgan fingerprint density at radius 1 is 1.35 bits per heavy atom. The highest BCUT2D eigenvalue weighted by atomic mass is 15.2. The minimum Gasteiger partial charge on any atom is -0.384 e. The second kappa shape index (κ2) is 5.89. The molecule has 1 fully saturated rings. The highest BCUT2D eigenvalue weighted by Gasteiger charge is 2.17. The second-order valence-electron chi connectivity index (χ2n) is 4.99. The second-order valence-corrected chi connectivity index (χ2v) is 4.99. The van der Waals surface area contributed by atoms with E-state index < -0.39 is 0 Å². The molecule has 1 unspecified atom stereocenters. The summed E-state index contributed by atoms with van der Waals surface area (Å²) >= 11 is 0. The minimum atomic E-state index is 0.622. The van der Waals surface area contributed by atoms with Crippen molar-refractivity contribution < 1.29 is 0 Å². The van der Waals surface area contributed by atoms with Crippen LogP contribution in [0, 0.1) is 5.92 Å². The van der Waals surface area contributed by atoms with E-state index in [1.807, 2.05) is 12.1 Å². The molecule has 0 radical (unpaired) electrons. The molecular weight excluding hydrogens is 210 g/mol. The summed E-state index contributed by atoms with van der Waals surface area (Å²) in [6.45, 7) is 4.53. The molecule has 1 aromatic heterocycles. The number of nitrogen functional groups attached to an aromatic ring is 1. The van der Waals surface area contributed by atoms with Gasteiger partial charge in [-0.15, -0.1) is 0 Å². The molecule has 0 bridgehead atoms. The molecule has 2 heterocycles. The predicted molar refractivity (Wildman–Crippen MR) is 73.1 cm³/mol. The third-order valence-electron chi connectivity index (χ3n) is 3.62. The first-order valence-electron chi connectivity index (χ1n) is 6.77. The molecule has 3 heteroatoms. The average molecular weight is 233 g/mol. The Bertz CT molecular complexity index is 351. The van der Waals surface area contributed by atoms with Gasteiger partial charge in [-0.25, -0.2) is 4.98 Å². The molecule has 0 aliphatic carbocycles. The quantitative estimate of drug-likeness (QED) is 0.872. The van der Waals surface area contributed by atoms with E-state index in [0.29, 0.717) is 5.82 Å². The van der Waals surface area contributed by atoms with Gasteiger partial charge >= 0.3 is 0 Å². The van der Waals surface area contributed by atoms with Crippen LogP contribution in [0.5, 0.6) is 0 Å². The van der Waals surface area contributed by atoms with Gasteiger partial charge in [-0.3, -0.25) is 0 Å². The number of rotatable bonds is 3. The fourth-order valence-corrected chi connectivity index (χ4v) is 2.71. The van der Waals surface area contributed by atoms with Gasteiger partial charge in [0.1, 0.15) is 11.6 Å². The summed E-state index contributed by atoms with van der Waals surface area (Å²) in [5.41, 5.74) is 5.74. The van der Waals surface area contributed by atoms with Gasteiger partial charge in [-0.2, -0.15) is 0 Å². The number of aromatic nitrogens is 1. The van der Waals surface area contributed by atoms with Crippen molar-refractivity contribution in [2.24, 2.45) is 5.92 Å². The molecule has 94 valence electrons. The summed E-state index contributed by atoms with van der Waals surface area (Å²) in [5.74, 6) is 2.57. The smallest absolute Gasteiger partial charge is 0.130 e. The Hall–Kier alpha value is -1.25. The zero-order chi connectivity index (χ0) is 12.1. The number of pyridine rings is 1. The van der Waals surface area contributed by atoms with Gasteiger partial charge < -0.3 is 10.6 Å². The van der Waals surface area contributed by atoms with Crippen LogP contribution in [0.15, 0.2) is 18.2 Å². The van der Waals surface area contributed by atoms with Crippen LogP contribution in [-0.2, 0) is 0 Å². The topological polar surface area (TPSA) is 42.1 Å². The van der Waals surface area contributed by atoms with Gasteiger partial charge in [0.15, 0.2) is 0 Å². The fourth-order valence-electron chi connectivity index (χ4n) is 2.71. The Kier molecular flexibility index (Phi) is 4.24. The van der Waals surface area contributed by atoms with Gasteiger partial charge in [0, 0.05) is 13.1 Å². The van der Waals surface area contributed by atoms with E-state index in [2.05, 4.69) is 22.9 Å². The van der Waals surface area contributed by atoms with Gasteiger partial charge in [0.05, 0.1) is 0 Å². The molecule has 0 aromatic carbocycles. The van der Waals surface area contributed by atoms with Crippen LogP contribution < -0.4 is 10.6 Å². The van der Waals surface area contributed by atoms with E-state index in [0.717, 1.165) is 24.8 Å². The molecule has 2 N–H and O–H groups in total. The predicted octanol–water partition coefficient (Wildman–Crippen LogP) is 3.07. The molecule has 3 nitrogen and oxygen atoms in total. The zero-order valence-corrected chi connectivity index (χ0v) is 10.7. The minimum absolute atomic E-state index is 0.622. The summed E-state index contributed by atoms with van der Waals surface area (Å²) < 4.78 is 0. The van der Waals surface area contributed by atoms with Crippen LogP contribution in [0.3, 0.4) is 0 Å². The molecule has 1 aliphatic heterocycles. The molecule has 1 aliphatic rings. The molecule has 1 saturated heterocycles. The first kappa shape index (κ1) is 12.2. The number of anilines is 2. The van der Waals surface area contributed by atoms with E-state index in [-0.39, 0.29) is 0 Å². The summed E-state index contributed by atoms with van der Waals surface area (Å²) in [4.78, 5) is 6.79. The molecule has 17 heavy (non-hydrogen) atoms. The largest absolute Gasteiger partial charge is 0.384 e. The van der Waals surface area contributed by atoms with Gasteiger partial charge in [-0.1, -0.05) is 25.8 Å². The lowest BCUT2D eigenvalue weighted by Gasteiger charge is -2.21. The molecular formula is C14H23N3. The van der Waals surface area contributed by atoms with Crippen LogP contribution >= 0.6 is 0 Å². The lowest BCUT2D eigenvalue weighted by molar-refractivity contribution is 0.435. The van der Waals surface area contributed by atoms with Gasteiger partial charge in [0.25, 0.3) is 0 Å². The number of hydrogen-bond donors (Lipinski definition) is 1. The standard InChI is InChI=1S/C14H23N3/c1-2-5-12-6-4-10-17(11-9-12)14-8-3-7-13(15)16-14/h3,7-8,12H,2,4-6,9-11H2,1H3,(H2,15,16). The zero-order valence-electron chi connectivity index (χ0n) is 10.7. The van der Waals surface area contributed by atoms with Crippen molar-refractivity contribution in [2.75, 3.05) is 23.7 Å². The van der Waals surface area contributed by atoms with E-state index in [4.69, 9.17) is 5.73 Å². The third kappa shape index (κ3) is 3.35. The first-order valence-corrected chi connectivity index (χ1v) is 6.77. The monoisotopic (exact) mass is 233 g/mol.